The van der Waals surface area contributed by atoms with Gasteiger partial charge in [0.2, 0.25) is 10.0 Å². The largest absolute Gasteiger partial charge is 0.346 e. The Morgan fingerprint density at radius 2 is 1.86 bits per heavy atom. The molecule has 0 unspecified atom stereocenters. The van der Waals surface area contributed by atoms with Gasteiger partial charge in [0.15, 0.2) is 0 Å². The minimum atomic E-state index is -3.63. The van der Waals surface area contributed by atoms with E-state index in [1.165, 1.54) is 21.7 Å². The van der Waals surface area contributed by atoms with Gasteiger partial charge in [-0.3, -0.25) is 4.79 Å². The first kappa shape index (κ1) is 20.4. The molecule has 3 aromatic rings. The maximum atomic E-state index is 12.9. The van der Waals surface area contributed by atoms with Gasteiger partial charge in [0.05, 0.1) is 21.7 Å². The smallest absolute Gasteiger partial charge is 0.251 e. The summed E-state index contributed by atoms with van der Waals surface area (Å²) >= 11 is 1.53. The maximum absolute atomic E-state index is 12.9. The molecule has 1 heterocycles. The van der Waals surface area contributed by atoms with Gasteiger partial charge in [-0.15, -0.1) is 11.3 Å². The normalized spacial score (nSPS) is 11.9. The van der Waals surface area contributed by atoms with Gasteiger partial charge in [0.25, 0.3) is 5.91 Å². The fourth-order valence-corrected chi connectivity index (χ4v) is 5.59. The molecule has 148 valence electrons. The number of aromatic nitrogens is 1. The van der Waals surface area contributed by atoms with Crippen molar-refractivity contribution < 1.29 is 13.2 Å². The molecule has 1 amide bonds. The lowest BCUT2D eigenvalue weighted by atomic mass is 10.1. The first-order valence-electron chi connectivity index (χ1n) is 9.10. The number of benzene rings is 2. The Hall–Kier alpha value is -2.29. The second-order valence-corrected chi connectivity index (χ2v) is 9.35. The summed E-state index contributed by atoms with van der Waals surface area (Å²) in [5.74, 6) is -0.324. The number of carbonyl (C=O) groups is 1. The number of rotatable bonds is 7. The predicted octanol–water partition coefficient (Wildman–Crippen LogP) is 3.57. The Kier molecular flexibility index (Phi) is 6.12. The van der Waals surface area contributed by atoms with Crippen LogP contribution < -0.4 is 5.32 Å². The van der Waals surface area contributed by atoms with Gasteiger partial charge in [-0.2, -0.15) is 4.31 Å². The molecule has 0 fully saturated rings. The lowest BCUT2D eigenvalue weighted by molar-refractivity contribution is 0.0950. The third-order valence-electron chi connectivity index (χ3n) is 4.51. The monoisotopic (exact) mass is 417 g/mol. The molecule has 0 radical (unpaired) electrons. The minimum absolute atomic E-state index is 0.170. The van der Waals surface area contributed by atoms with E-state index in [1.807, 2.05) is 24.3 Å². The summed E-state index contributed by atoms with van der Waals surface area (Å²) in [4.78, 5) is 17.3. The van der Waals surface area contributed by atoms with Gasteiger partial charge in [-0.05, 0) is 36.8 Å². The lowest BCUT2D eigenvalue weighted by Crippen LogP contribution is -2.31. The van der Waals surface area contributed by atoms with Crippen LogP contribution in [0.1, 0.15) is 34.8 Å². The quantitative estimate of drug-likeness (QED) is 0.637. The van der Waals surface area contributed by atoms with Gasteiger partial charge >= 0.3 is 0 Å². The molecular weight excluding hydrogens is 394 g/mol. The summed E-state index contributed by atoms with van der Waals surface area (Å²) in [6, 6.07) is 12.6. The van der Waals surface area contributed by atoms with E-state index in [4.69, 9.17) is 0 Å². The number of sulfonamides is 1. The number of hydrogen-bond donors (Lipinski definition) is 1. The van der Waals surface area contributed by atoms with Crippen LogP contribution in [0.25, 0.3) is 10.2 Å². The SMILES string of the molecule is CCN(CC)S(=O)(=O)c1cc(C(=O)NCc2nc3ccccc3s2)ccc1C. The van der Waals surface area contributed by atoms with E-state index in [2.05, 4.69) is 10.3 Å². The summed E-state index contributed by atoms with van der Waals surface area (Å²) in [5.41, 5.74) is 1.84. The Morgan fingerprint density at radius 3 is 2.54 bits per heavy atom. The van der Waals surface area contributed by atoms with E-state index in [0.29, 0.717) is 30.8 Å². The Morgan fingerprint density at radius 1 is 1.14 bits per heavy atom. The average Bonchev–Trinajstić information content (AvgIpc) is 3.10. The van der Waals surface area contributed by atoms with Crippen LogP contribution >= 0.6 is 11.3 Å². The summed E-state index contributed by atoms with van der Waals surface area (Å²) < 4.78 is 28.2. The van der Waals surface area contributed by atoms with E-state index < -0.39 is 10.0 Å². The predicted molar refractivity (Wildman–Crippen MR) is 112 cm³/mol. The molecule has 0 aliphatic carbocycles. The summed E-state index contributed by atoms with van der Waals surface area (Å²) in [7, 11) is -3.63. The zero-order chi connectivity index (χ0) is 20.3. The van der Waals surface area contributed by atoms with E-state index in [-0.39, 0.29) is 10.8 Å². The topological polar surface area (TPSA) is 79.4 Å². The molecule has 0 spiro atoms. The standard InChI is InChI=1S/C20H23N3O3S2/c1-4-23(5-2)28(25,26)18-12-15(11-10-14(18)3)20(24)21-13-19-22-16-8-6-7-9-17(16)27-19/h6-12H,4-5,13H2,1-3H3,(H,21,24). The van der Waals surface area contributed by atoms with Gasteiger partial charge in [-0.1, -0.05) is 32.0 Å². The van der Waals surface area contributed by atoms with Crippen molar-refractivity contribution in [1.82, 2.24) is 14.6 Å². The minimum Gasteiger partial charge on any atom is -0.346 e. The van der Waals surface area contributed by atoms with E-state index in [9.17, 15) is 13.2 Å². The second-order valence-electron chi connectivity index (χ2n) is 6.33. The number of aryl methyl sites for hydroxylation is 1. The van der Waals surface area contributed by atoms with Crippen molar-refractivity contribution in [1.29, 1.82) is 0 Å². The highest BCUT2D eigenvalue weighted by atomic mass is 32.2. The molecule has 3 rings (SSSR count). The van der Waals surface area contributed by atoms with E-state index in [0.717, 1.165) is 15.2 Å². The van der Waals surface area contributed by atoms with Crippen molar-refractivity contribution in [2.75, 3.05) is 13.1 Å². The van der Waals surface area contributed by atoms with Crippen LogP contribution in [-0.4, -0.2) is 36.7 Å². The number of para-hydroxylation sites is 1. The molecule has 0 atom stereocenters. The summed E-state index contributed by atoms with van der Waals surface area (Å²) in [5, 5.41) is 3.64. The average molecular weight is 418 g/mol. The molecule has 0 aliphatic rings. The third-order valence-corrected chi connectivity index (χ3v) is 7.74. The lowest BCUT2D eigenvalue weighted by Gasteiger charge is -2.20. The number of nitrogens with one attached hydrogen (secondary N) is 1. The summed E-state index contributed by atoms with van der Waals surface area (Å²) in [6.45, 7) is 6.39. The molecule has 2 aromatic carbocycles. The van der Waals surface area contributed by atoms with Gasteiger partial charge in [0, 0.05) is 18.7 Å². The fourth-order valence-electron chi connectivity index (χ4n) is 2.98. The highest BCUT2D eigenvalue weighted by Gasteiger charge is 2.24. The molecule has 0 saturated heterocycles. The van der Waals surface area contributed by atoms with Crippen LogP contribution in [0.2, 0.25) is 0 Å². The molecule has 6 nitrogen and oxygen atoms in total. The van der Waals surface area contributed by atoms with Crippen molar-refractivity contribution in [3.8, 4) is 0 Å². The molecule has 0 saturated carbocycles. The number of carbonyl (C=O) groups excluding carboxylic acids is 1. The Labute approximate surface area is 169 Å². The van der Waals surface area contributed by atoms with Crippen molar-refractivity contribution >= 4 is 37.5 Å². The maximum Gasteiger partial charge on any atom is 0.251 e. The van der Waals surface area contributed by atoms with Gasteiger partial charge in [0.1, 0.15) is 5.01 Å². The van der Waals surface area contributed by atoms with Crippen LogP contribution in [0.4, 0.5) is 0 Å². The number of hydrogen-bond acceptors (Lipinski definition) is 5. The van der Waals surface area contributed by atoms with Crippen LogP contribution in [0.5, 0.6) is 0 Å². The van der Waals surface area contributed by atoms with Crippen LogP contribution in [0.3, 0.4) is 0 Å². The van der Waals surface area contributed by atoms with Crippen LogP contribution in [0, 0.1) is 6.92 Å². The zero-order valence-electron chi connectivity index (χ0n) is 16.1. The van der Waals surface area contributed by atoms with Gasteiger partial charge in [-0.25, -0.2) is 13.4 Å². The zero-order valence-corrected chi connectivity index (χ0v) is 17.7. The van der Waals surface area contributed by atoms with Crippen LogP contribution in [0.15, 0.2) is 47.4 Å². The van der Waals surface area contributed by atoms with Crippen molar-refractivity contribution in [2.45, 2.75) is 32.2 Å². The van der Waals surface area contributed by atoms with E-state index >= 15 is 0 Å². The number of nitrogens with zero attached hydrogens (tertiary/aromatic N) is 2. The Bertz CT molecular complexity index is 1070. The fraction of sp³-hybridized carbons (Fsp3) is 0.300. The first-order chi connectivity index (χ1) is 13.4. The second kappa shape index (κ2) is 8.38. The van der Waals surface area contributed by atoms with Crippen molar-refractivity contribution in [2.24, 2.45) is 0 Å². The highest BCUT2D eigenvalue weighted by molar-refractivity contribution is 7.89. The van der Waals surface area contributed by atoms with E-state index in [1.54, 1.807) is 32.9 Å². The van der Waals surface area contributed by atoms with Gasteiger partial charge < -0.3 is 5.32 Å². The van der Waals surface area contributed by atoms with Crippen molar-refractivity contribution in [3.63, 3.8) is 0 Å². The Balaban J connectivity index is 1.80. The first-order valence-corrected chi connectivity index (χ1v) is 11.4. The number of fused-ring (bicyclic) bond motifs is 1. The number of amides is 1. The molecule has 1 aromatic heterocycles. The van der Waals surface area contributed by atoms with Crippen molar-refractivity contribution in [3.05, 3.63) is 58.6 Å². The molecule has 0 bridgehead atoms. The molecule has 8 heteroatoms. The third kappa shape index (κ3) is 4.09. The summed E-state index contributed by atoms with van der Waals surface area (Å²) in [6.07, 6.45) is 0. The molecule has 0 aliphatic heterocycles. The van der Waals surface area contributed by atoms with Crippen LogP contribution in [-0.2, 0) is 16.6 Å². The highest BCUT2D eigenvalue weighted by Crippen LogP contribution is 2.23. The molecule has 1 N–H and O–H groups in total. The number of thiazole rings is 1. The molecular formula is C20H23N3O3S2. The molecule has 28 heavy (non-hydrogen) atoms.